The van der Waals surface area contributed by atoms with Crippen LogP contribution in [-0.2, 0) is 22.4 Å². The Morgan fingerprint density at radius 2 is 1.38 bits per heavy atom. The minimum Gasteiger partial charge on any atom is -0.871 e. The Morgan fingerprint density at radius 3 is 1.84 bits per heavy atom. The lowest BCUT2D eigenvalue weighted by Crippen LogP contribution is -2.29. The van der Waals surface area contributed by atoms with Crippen LogP contribution in [0.15, 0.2) is 68.8 Å². The van der Waals surface area contributed by atoms with Crippen LogP contribution in [0.25, 0.3) is 6.08 Å². The molecule has 0 N–H and O–H groups in total. The van der Waals surface area contributed by atoms with Gasteiger partial charge < -0.3 is 9.84 Å². The second-order valence-corrected chi connectivity index (χ2v) is 8.42. The highest BCUT2D eigenvalue weighted by Gasteiger charge is 2.26. The topological polar surface area (TPSA) is 60.7 Å². The standard InChI is InChI=1S/C28H34O4/c1-5-9-21-13-19(14-22(31-21)10-6-2)17-25-27(29)26(28(25)30)18-20-15-23(11-7-3)32-24(16-20)12-8-4/h13-18H,5-12H2,1-4H3. The molecule has 0 atom stereocenters. The third-order valence-corrected chi connectivity index (χ3v) is 5.42. The fraction of sp³-hybridized carbons (Fsp3) is 0.429. The molecule has 0 saturated carbocycles. The van der Waals surface area contributed by atoms with Gasteiger partial charge in [0.2, 0.25) is 0 Å². The van der Waals surface area contributed by atoms with Gasteiger partial charge in [-0.05, 0) is 61.1 Å². The first-order valence-corrected chi connectivity index (χ1v) is 11.9. The van der Waals surface area contributed by atoms with Gasteiger partial charge in [-0.15, -0.1) is 0 Å². The lowest BCUT2D eigenvalue weighted by Gasteiger charge is -2.29. The van der Waals surface area contributed by atoms with Gasteiger partial charge in [-0.3, -0.25) is 4.79 Å². The molecular formula is C28H34O4. The number of carbonyl (C=O) groups excluding carboxylic acids is 1. The van der Waals surface area contributed by atoms with Crippen molar-refractivity contribution in [2.45, 2.75) is 79.1 Å². The average molecular weight is 435 g/mol. The Kier molecular flexibility index (Phi) is 8.26. The molecule has 0 radical (unpaired) electrons. The largest absolute Gasteiger partial charge is 0.871 e. The van der Waals surface area contributed by atoms with Crippen LogP contribution in [0.1, 0.15) is 83.3 Å². The summed E-state index contributed by atoms with van der Waals surface area (Å²) in [5.74, 6) is 3.17. The van der Waals surface area contributed by atoms with Crippen LogP contribution in [0.2, 0.25) is 0 Å². The Hall–Kier alpha value is -2.88. The molecule has 0 fully saturated rings. The number of aryl methyl sites for hydroxylation is 2. The molecule has 0 aromatic carbocycles. The summed E-state index contributed by atoms with van der Waals surface area (Å²) in [5.41, 5.74) is 2.20. The fourth-order valence-corrected chi connectivity index (χ4v) is 3.96. The number of hydrogen-bond donors (Lipinski definition) is 0. The van der Waals surface area contributed by atoms with E-state index in [0.29, 0.717) is 0 Å². The van der Waals surface area contributed by atoms with Gasteiger partial charge in [-0.1, -0.05) is 33.5 Å². The molecule has 32 heavy (non-hydrogen) atoms. The lowest BCUT2D eigenvalue weighted by atomic mass is 9.85. The number of carbonyl (C=O) groups is 1. The van der Waals surface area contributed by atoms with Crippen LogP contribution in [0.5, 0.6) is 0 Å². The van der Waals surface area contributed by atoms with Crippen LogP contribution in [0.3, 0.4) is 0 Å². The van der Waals surface area contributed by atoms with Crippen LogP contribution in [0.4, 0.5) is 0 Å². The molecular weight excluding hydrogens is 400 g/mol. The normalized spacial score (nSPS) is 17.2. The van der Waals surface area contributed by atoms with E-state index < -0.39 is 0 Å². The SMILES string of the molecule is CCCC1=CC(=CC2=C([O-])C(=Cc3cc(CCC)[o+]c(CCC)c3)C2=O)C=C(CCC)O1. The van der Waals surface area contributed by atoms with Crippen LogP contribution < -0.4 is 5.11 Å². The minimum absolute atomic E-state index is 0.195. The molecule has 2 aliphatic rings. The Bertz CT molecular complexity index is 970. The first kappa shape index (κ1) is 23.8. The summed E-state index contributed by atoms with van der Waals surface area (Å²) in [6.07, 6.45) is 14.5. The predicted octanol–water partition coefficient (Wildman–Crippen LogP) is 6.37. The van der Waals surface area contributed by atoms with Crippen molar-refractivity contribution < 1.29 is 19.1 Å². The molecule has 4 nitrogen and oxygen atoms in total. The average Bonchev–Trinajstić information content (AvgIpc) is 2.76. The van der Waals surface area contributed by atoms with Gasteiger partial charge in [0.1, 0.15) is 11.5 Å². The third-order valence-electron chi connectivity index (χ3n) is 5.42. The zero-order valence-electron chi connectivity index (χ0n) is 19.8. The first-order valence-electron chi connectivity index (χ1n) is 11.9. The van der Waals surface area contributed by atoms with Gasteiger partial charge >= 0.3 is 11.5 Å². The van der Waals surface area contributed by atoms with Gasteiger partial charge in [0.25, 0.3) is 0 Å². The van der Waals surface area contributed by atoms with Crippen molar-refractivity contribution >= 4 is 11.9 Å². The smallest absolute Gasteiger partial charge is 0.330 e. The van der Waals surface area contributed by atoms with E-state index in [0.717, 1.165) is 85.5 Å². The predicted molar refractivity (Wildman–Crippen MR) is 126 cm³/mol. The van der Waals surface area contributed by atoms with Gasteiger partial charge in [-0.25, -0.2) is 4.42 Å². The van der Waals surface area contributed by atoms with E-state index in [4.69, 9.17) is 9.15 Å². The zero-order chi connectivity index (χ0) is 23.1. The van der Waals surface area contributed by atoms with Crippen LogP contribution >= 0.6 is 0 Å². The lowest BCUT2D eigenvalue weighted by molar-refractivity contribution is -0.300. The highest BCUT2D eigenvalue weighted by molar-refractivity contribution is 6.23. The Labute approximate surface area is 191 Å². The van der Waals surface area contributed by atoms with E-state index >= 15 is 0 Å². The molecule has 3 rings (SSSR count). The molecule has 0 spiro atoms. The highest BCUT2D eigenvalue weighted by atomic mass is 16.5. The van der Waals surface area contributed by atoms with Crippen molar-refractivity contribution in [3.05, 3.63) is 81.4 Å². The summed E-state index contributed by atoms with van der Waals surface area (Å²) >= 11 is 0. The molecule has 1 aromatic rings. The molecule has 170 valence electrons. The summed E-state index contributed by atoms with van der Waals surface area (Å²) in [4.78, 5) is 12.8. The fourth-order valence-electron chi connectivity index (χ4n) is 3.96. The molecule has 0 unspecified atom stereocenters. The van der Waals surface area contributed by atoms with E-state index in [9.17, 15) is 9.90 Å². The Morgan fingerprint density at radius 1 is 0.844 bits per heavy atom. The minimum atomic E-state index is -0.195. The van der Waals surface area contributed by atoms with Crippen molar-refractivity contribution in [3.63, 3.8) is 0 Å². The third kappa shape index (κ3) is 5.67. The molecule has 0 saturated heterocycles. The second-order valence-electron chi connectivity index (χ2n) is 8.42. The van der Waals surface area contributed by atoms with Gasteiger partial charge in [-0.2, -0.15) is 0 Å². The summed E-state index contributed by atoms with van der Waals surface area (Å²) < 4.78 is 11.9. The van der Waals surface area contributed by atoms with Crippen molar-refractivity contribution in [2.75, 3.05) is 0 Å². The van der Waals surface area contributed by atoms with E-state index in [1.165, 1.54) is 0 Å². The number of hydrogen-bond acceptors (Lipinski definition) is 3. The summed E-state index contributed by atoms with van der Waals surface area (Å²) in [6, 6.07) is 3.87. The number of allylic oxidation sites excluding steroid dienone is 8. The molecule has 0 amide bonds. The first-order chi connectivity index (χ1) is 15.5. The number of ketones is 1. The maximum Gasteiger partial charge on any atom is 0.330 e. The summed E-state index contributed by atoms with van der Waals surface area (Å²) in [7, 11) is 0. The molecule has 2 heterocycles. The van der Waals surface area contributed by atoms with Crippen molar-refractivity contribution in [1.29, 1.82) is 0 Å². The summed E-state index contributed by atoms with van der Waals surface area (Å²) in [5, 5.41) is 12.8. The number of rotatable bonds is 10. The number of Topliss-reactive ketones (excluding diaryl/α,β-unsaturated/α-hetero) is 1. The molecule has 0 bridgehead atoms. The Balaban J connectivity index is 1.91. The van der Waals surface area contributed by atoms with Crippen molar-refractivity contribution in [3.8, 4) is 0 Å². The van der Waals surface area contributed by atoms with Crippen molar-refractivity contribution in [2.24, 2.45) is 0 Å². The maximum atomic E-state index is 12.8. The van der Waals surface area contributed by atoms with Crippen LogP contribution in [0, 0.1) is 0 Å². The molecule has 4 heteroatoms. The monoisotopic (exact) mass is 434 g/mol. The van der Waals surface area contributed by atoms with Gasteiger partial charge in [0.05, 0.1) is 12.8 Å². The van der Waals surface area contributed by atoms with Gasteiger partial charge in [0, 0.05) is 36.1 Å². The maximum absolute atomic E-state index is 12.8. The molecule has 1 aliphatic heterocycles. The van der Waals surface area contributed by atoms with E-state index in [-0.39, 0.29) is 22.7 Å². The quantitative estimate of drug-likeness (QED) is 0.317. The zero-order valence-corrected chi connectivity index (χ0v) is 19.8. The van der Waals surface area contributed by atoms with Crippen LogP contribution in [-0.4, -0.2) is 5.78 Å². The molecule has 1 aliphatic carbocycles. The van der Waals surface area contributed by atoms with Crippen molar-refractivity contribution in [1.82, 2.24) is 0 Å². The summed E-state index contributed by atoms with van der Waals surface area (Å²) in [6.45, 7) is 8.41. The number of ether oxygens (including phenoxy) is 1. The van der Waals surface area contributed by atoms with Gasteiger partial charge in [0.15, 0.2) is 5.78 Å². The van der Waals surface area contributed by atoms with E-state index in [2.05, 4.69) is 27.7 Å². The highest BCUT2D eigenvalue weighted by Crippen LogP contribution is 2.33. The van der Waals surface area contributed by atoms with E-state index in [1.54, 1.807) is 12.2 Å². The second kappa shape index (κ2) is 11.1. The van der Waals surface area contributed by atoms with E-state index in [1.807, 2.05) is 24.3 Å². The molecule has 1 aromatic heterocycles.